The molecule has 3 heterocycles. The lowest BCUT2D eigenvalue weighted by atomic mass is 9.88. The van der Waals surface area contributed by atoms with Gasteiger partial charge in [-0.1, -0.05) is 48.5 Å². The Morgan fingerprint density at radius 3 is 2.50 bits per heavy atom. The Balaban J connectivity index is 1.29. The zero-order chi connectivity index (χ0) is 22.3. The van der Waals surface area contributed by atoms with E-state index < -0.39 is 5.54 Å². The molecule has 0 radical (unpaired) electrons. The van der Waals surface area contributed by atoms with Gasteiger partial charge in [0.05, 0.1) is 11.5 Å². The molecule has 7 nitrogen and oxygen atoms in total. The Kier molecular flexibility index (Phi) is 5.19. The molecule has 2 aliphatic heterocycles. The number of imide groups is 1. The number of urea groups is 1. The molecule has 0 saturated carbocycles. The lowest BCUT2D eigenvalue weighted by Crippen LogP contribution is -2.52. The molecule has 8 heteroatoms. The molecular weight excluding hydrogens is 424 g/mol. The van der Waals surface area contributed by atoms with E-state index in [4.69, 9.17) is 0 Å². The standard InChI is InChI=1S/C24H24N4O3S/c1-24(19-9-4-7-17-6-2-3-8-18(17)19)22(30)28(23(31)25-24)16-26-11-13-27(14-12-26)21(29)20-10-5-15-32-20/h2-10,15H,11-14,16H2,1H3,(H,25,31). The molecule has 1 aromatic heterocycles. The van der Waals surface area contributed by atoms with E-state index in [9.17, 15) is 14.4 Å². The molecule has 1 unspecified atom stereocenters. The third-order valence-corrected chi connectivity index (χ3v) is 7.19. The Labute approximate surface area is 190 Å². The first-order valence-electron chi connectivity index (χ1n) is 10.6. The molecule has 2 aliphatic rings. The van der Waals surface area contributed by atoms with Crippen LogP contribution < -0.4 is 5.32 Å². The fraction of sp³-hybridized carbons (Fsp3) is 0.292. The minimum atomic E-state index is -1.12. The summed E-state index contributed by atoms with van der Waals surface area (Å²) in [4.78, 5) is 44.7. The molecule has 164 valence electrons. The molecule has 5 rings (SSSR count). The van der Waals surface area contributed by atoms with E-state index in [0.29, 0.717) is 26.2 Å². The van der Waals surface area contributed by atoms with Crippen LogP contribution in [0, 0.1) is 0 Å². The van der Waals surface area contributed by atoms with Crippen molar-refractivity contribution in [2.24, 2.45) is 0 Å². The largest absolute Gasteiger partial charge is 0.335 e. The van der Waals surface area contributed by atoms with Crippen molar-refractivity contribution in [3.63, 3.8) is 0 Å². The van der Waals surface area contributed by atoms with Gasteiger partial charge in [0, 0.05) is 26.2 Å². The fourth-order valence-electron chi connectivity index (χ4n) is 4.52. The van der Waals surface area contributed by atoms with Gasteiger partial charge in [-0.2, -0.15) is 0 Å². The smallest absolute Gasteiger partial charge is 0.326 e. The van der Waals surface area contributed by atoms with Crippen LogP contribution in [0.3, 0.4) is 0 Å². The second-order valence-corrected chi connectivity index (χ2v) is 9.29. The van der Waals surface area contributed by atoms with E-state index in [2.05, 4.69) is 5.32 Å². The van der Waals surface area contributed by atoms with Gasteiger partial charge in [0.25, 0.3) is 11.8 Å². The average Bonchev–Trinajstić information content (AvgIpc) is 3.43. The quantitative estimate of drug-likeness (QED) is 0.623. The van der Waals surface area contributed by atoms with Crippen molar-refractivity contribution in [2.45, 2.75) is 12.5 Å². The Morgan fingerprint density at radius 2 is 1.75 bits per heavy atom. The number of fused-ring (bicyclic) bond motifs is 1. The van der Waals surface area contributed by atoms with Crippen molar-refractivity contribution < 1.29 is 14.4 Å². The van der Waals surface area contributed by atoms with Gasteiger partial charge < -0.3 is 10.2 Å². The molecule has 4 amide bonds. The molecule has 2 aromatic carbocycles. The summed E-state index contributed by atoms with van der Waals surface area (Å²) < 4.78 is 0. The van der Waals surface area contributed by atoms with Crippen molar-refractivity contribution in [1.29, 1.82) is 0 Å². The molecule has 0 aliphatic carbocycles. The van der Waals surface area contributed by atoms with Gasteiger partial charge in [-0.25, -0.2) is 9.69 Å². The van der Waals surface area contributed by atoms with Crippen molar-refractivity contribution >= 4 is 40.0 Å². The van der Waals surface area contributed by atoms with E-state index in [1.165, 1.54) is 16.2 Å². The number of thiophene rings is 1. The molecular formula is C24H24N4O3S. The van der Waals surface area contributed by atoms with Gasteiger partial charge in [-0.15, -0.1) is 11.3 Å². The number of amides is 4. The van der Waals surface area contributed by atoms with Crippen LogP contribution in [0.2, 0.25) is 0 Å². The zero-order valence-corrected chi connectivity index (χ0v) is 18.6. The van der Waals surface area contributed by atoms with Crippen molar-refractivity contribution in [3.8, 4) is 0 Å². The molecule has 2 fully saturated rings. The van der Waals surface area contributed by atoms with E-state index in [0.717, 1.165) is 21.2 Å². The number of rotatable bonds is 4. The summed E-state index contributed by atoms with van der Waals surface area (Å²) >= 11 is 1.44. The number of carbonyl (C=O) groups is 3. The number of hydrogen-bond donors (Lipinski definition) is 1. The van der Waals surface area contributed by atoms with Crippen LogP contribution in [0.15, 0.2) is 60.0 Å². The molecule has 1 N–H and O–H groups in total. The lowest BCUT2D eigenvalue weighted by molar-refractivity contribution is -0.132. The summed E-state index contributed by atoms with van der Waals surface area (Å²) in [5, 5.41) is 6.80. The normalized spacial score (nSPS) is 21.9. The SMILES string of the molecule is CC1(c2cccc3ccccc23)NC(=O)N(CN2CCN(C(=O)c3cccs3)CC2)C1=O. The van der Waals surface area contributed by atoms with Crippen LogP contribution in [-0.4, -0.2) is 65.4 Å². The van der Waals surface area contributed by atoms with Crippen molar-refractivity contribution in [3.05, 3.63) is 70.4 Å². The van der Waals surface area contributed by atoms with Crippen LogP contribution in [-0.2, 0) is 10.3 Å². The molecule has 3 aromatic rings. The highest BCUT2D eigenvalue weighted by Crippen LogP contribution is 2.34. The minimum absolute atomic E-state index is 0.0400. The van der Waals surface area contributed by atoms with E-state index in [1.54, 1.807) is 6.92 Å². The van der Waals surface area contributed by atoms with Gasteiger partial charge in [0.2, 0.25) is 0 Å². The Hall–Kier alpha value is -3.23. The second-order valence-electron chi connectivity index (χ2n) is 8.34. The van der Waals surface area contributed by atoms with Gasteiger partial charge in [0.15, 0.2) is 0 Å². The Bertz CT molecular complexity index is 1180. The maximum atomic E-state index is 13.4. The summed E-state index contributed by atoms with van der Waals surface area (Å²) in [6.07, 6.45) is 0. The summed E-state index contributed by atoms with van der Waals surface area (Å²) in [7, 11) is 0. The maximum Gasteiger partial charge on any atom is 0.326 e. The first-order chi connectivity index (χ1) is 15.5. The molecule has 0 spiro atoms. The number of piperazine rings is 1. The predicted octanol–water partition coefficient (Wildman–Crippen LogP) is 3.08. The number of carbonyl (C=O) groups excluding carboxylic acids is 3. The number of nitrogens with zero attached hydrogens (tertiary/aromatic N) is 3. The van der Waals surface area contributed by atoms with E-state index in [-0.39, 0.29) is 24.5 Å². The lowest BCUT2D eigenvalue weighted by Gasteiger charge is -2.36. The zero-order valence-electron chi connectivity index (χ0n) is 17.8. The second kappa shape index (κ2) is 8.03. The maximum absolute atomic E-state index is 13.4. The summed E-state index contributed by atoms with van der Waals surface area (Å²) in [6.45, 7) is 4.35. The summed E-state index contributed by atoms with van der Waals surface area (Å²) in [6, 6.07) is 17.0. The molecule has 1 atom stereocenters. The number of hydrogen-bond acceptors (Lipinski definition) is 5. The van der Waals surface area contributed by atoms with Gasteiger partial charge in [-0.3, -0.25) is 14.5 Å². The van der Waals surface area contributed by atoms with Gasteiger partial charge in [-0.05, 0) is 34.7 Å². The van der Waals surface area contributed by atoms with Crippen LogP contribution in [0.4, 0.5) is 4.79 Å². The van der Waals surface area contributed by atoms with Crippen LogP contribution in [0.5, 0.6) is 0 Å². The topological polar surface area (TPSA) is 73.0 Å². The highest BCUT2D eigenvalue weighted by atomic mass is 32.1. The summed E-state index contributed by atoms with van der Waals surface area (Å²) in [5.74, 6) is -0.214. The molecule has 32 heavy (non-hydrogen) atoms. The highest BCUT2D eigenvalue weighted by molar-refractivity contribution is 7.12. The monoisotopic (exact) mass is 448 g/mol. The van der Waals surface area contributed by atoms with Gasteiger partial charge >= 0.3 is 6.03 Å². The number of benzene rings is 2. The highest BCUT2D eigenvalue weighted by Gasteiger charge is 2.50. The first-order valence-corrected chi connectivity index (χ1v) is 11.5. The predicted molar refractivity (Wildman–Crippen MR) is 123 cm³/mol. The van der Waals surface area contributed by atoms with Crippen LogP contribution in [0.1, 0.15) is 22.2 Å². The molecule has 0 bridgehead atoms. The average molecular weight is 449 g/mol. The fourth-order valence-corrected chi connectivity index (χ4v) is 5.21. The molecule has 2 saturated heterocycles. The third-order valence-electron chi connectivity index (χ3n) is 6.34. The third kappa shape index (κ3) is 3.45. The van der Waals surface area contributed by atoms with Crippen molar-refractivity contribution in [1.82, 2.24) is 20.0 Å². The van der Waals surface area contributed by atoms with Crippen molar-refractivity contribution in [2.75, 3.05) is 32.8 Å². The number of nitrogens with one attached hydrogen (secondary N) is 1. The van der Waals surface area contributed by atoms with E-state index in [1.807, 2.05) is 69.8 Å². The van der Waals surface area contributed by atoms with Crippen LogP contribution >= 0.6 is 11.3 Å². The minimum Gasteiger partial charge on any atom is -0.335 e. The first kappa shape index (κ1) is 20.7. The van der Waals surface area contributed by atoms with Crippen LogP contribution in [0.25, 0.3) is 10.8 Å². The summed E-state index contributed by atoms with van der Waals surface area (Å²) in [5.41, 5.74) is -0.322. The van der Waals surface area contributed by atoms with E-state index >= 15 is 0 Å². The van der Waals surface area contributed by atoms with Gasteiger partial charge in [0.1, 0.15) is 5.54 Å². The Morgan fingerprint density at radius 1 is 1.00 bits per heavy atom.